The van der Waals surface area contributed by atoms with Crippen molar-refractivity contribution in [3.63, 3.8) is 0 Å². The average Bonchev–Trinajstić information content (AvgIpc) is 2.57. The summed E-state index contributed by atoms with van der Waals surface area (Å²) in [4.78, 5) is 27.8. The maximum atomic E-state index is 12.4. The van der Waals surface area contributed by atoms with E-state index < -0.39 is 0 Å². The lowest BCUT2D eigenvalue weighted by Gasteiger charge is -2.32. The molecular weight excluding hydrogens is 306 g/mol. The molecule has 1 aliphatic rings. The van der Waals surface area contributed by atoms with Crippen LogP contribution < -0.4 is 10.1 Å². The van der Waals surface area contributed by atoms with Gasteiger partial charge in [0.25, 0.3) is 0 Å². The Bertz CT molecular complexity index is 593. The summed E-state index contributed by atoms with van der Waals surface area (Å²) < 4.78 is 5.46. The van der Waals surface area contributed by atoms with Gasteiger partial charge in [-0.25, -0.2) is 4.79 Å². The Morgan fingerprint density at radius 2 is 1.96 bits per heavy atom. The van der Waals surface area contributed by atoms with Crippen LogP contribution >= 0.6 is 0 Å². The van der Waals surface area contributed by atoms with E-state index in [9.17, 15) is 9.59 Å². The van der Waals surface area contributed by atoms with Gasteiger partial charge in [-0.3, -0.25) is 4.79 Å². The molecule has 0 radical (unpaired) electrons. The highest BCUT2D eigenvalue weighted by Gasteiger charge is 2.28. The molecule has 1 aliphatic heterocycles. The van der Waals surface area contributed by atoms with Crippen molar-refractivity contribution >= 4 is 17.6 Å². The van der Waals surface area contributed by atoms with Crippen molar-refractivity contribution in [1.82, 2.24) is 9.80 Å². The number of anilines is 1. The Balaban J connectivity index is 1.91. The van der Waals surface area contributed by atoms with E-state index in [1.165, 1.54) is 0 Å². The predicted octanol–water partition coefficient (Wildman–Crippen LogP) is 2.73. The van der Waals surface area contributed by atoms with E-state index in [1.54, 1.807) is 23.9 Å². The molecule has 1 fully saturated rings. The highest BCUT2D eigenvalue weighted by molar-refractivity contribution is 5.90. The molecule has 1 aromatic carbocycles. The fourth-order valence-electron chi connectivity index (χ4n) is 2.92. The van der Waals surface area contributed by atoms with Crippen LogP contribution in [0.4, 0.5) is 10.5 Å². The number of nitrogens with zero attached hydrogens (tertiary/aromatic N) is 2. The van der Waals surface area contributed by atoms with Crippen LogP contribution in [0.2, 0.25) is 0 Å². The minimum Gasteiger partial charge on any atom is -0.494 e. The average molecular weight is 333 g/mol. The number of likely N-dealkylation sites (tertiary alicyclic amines) is 1. The zero-order valence-corrected chi connectivity index (χ0v) is 15.0. The van der Waals surface area contributed by atoms with E-state index in [-0.39, 0.29) is 17.9 Å². The smallest absolute Gasteiger partial charge is 0.321 e. The first-order valence-corrected chi connectivity index (χ1v) is 8.43. The zero-order chi connectivity index (χ0) is 17.7. The third-order valence-electron chi connectivity index (χ3n) is 4.32. The summed E-state index contributed by atoms with van der Waals surface area (Å²) in [6, 6.07) is 5.52. The molecule has 1 saturated heterocycles. The number of ether oxygens (including phenoxy) is 1. The molecule has 132 valence electrons. The molecule has 6 heteroatoms. The number of rotatable bonds is 4. The van der Waals surface area contributed by atoms with Gasteiger partial charge in [0.05, 0.1) is 6.61 Å². The number of carbonyl (C=O) groups excluding carboxylic acids is 2. The number of carbonyl (C=O) groups is 2. The Hall–Kier alpha value is -2.24. The van der Waals surface area contributed by atoms with Crippen LogP contribution in [0, 0.1) is 12.8 Å². The van der Waals surface area contributed by atoms with Gasteiger partial charge >= 0.3 is 6.03 Å². The normalized spacial score (nSPS) is 15.1. The fraction of sp³-hybridized carbons (Fsp3) is 0.556. The minimum absolute atomic E-state index is 0.0243. The van der Waals surface area contributed by atoms with Crippen LogP contribution in [0.25, 0.3) is 0 Å². The van der Waals surface area contributed by atoms with Gasteiger partial charge in [-0.1, -0.05) is 0 Å². The number of hydrogen-bond donors (Lipinski definition) is 1. The van der Waals surface area contributed by atoms with E-state index in [0.29, 0.717) is 32.5 Å². The van der Waals surface area contributed by atoms with Crippen molar-refractivity contribution < 1.29 is 14.3 Å². The molecule has 0 aromatic heterocycles. The first-order valence-electron chi connectivity index (χ1n) is 8.43. The van der Waals surface area contributed by atoms with Gasteiger partial charge in [0.15, 0.2) is 0 Å². The van der Waals surface area contributed by atoms with Gasteiger partial charge in [-0.2, -0.15) is 0 Å². The van der Waals surface area contributed by atoms with Crippen LogP contribution in [-0.4, -0.2) is 55.5 Å². The van der Waals surface area contributed by atoms with Crippen molar-refractivity contribution in [2.75, 3.05) is 39.1 Å². The molecule has 0 spiro atoms. The second kappa shape index (κ2) is 8.04. The second-order valence-electron chi connectivity index (χ2n) is 6.33. The Labute approximate surface area is 143 Å². The van der Waals surface area contributed by atoms with Crippen LogP contribution in [-0.2, 0) is 4.79 Å². The molecule has 0 bridgehead atoms. The predicted molar refractivity (Wildman–Crippen MR) is 94.4 cm³/mol. The summed E-state index contributed by atoms with van der Waals surface area (Å²) in [5.74, 6) is 0.977. The summed E-state index contributed by atoms with van der Waals surface area (Å²) in [6.07, 6.45) is 1.43. The molecule has 24 heavy (non-hydrogen) atoms. The number of piperidine rings is 1. The molecule has 0 unspecified atom stereocenters. The summed E-state index contributed by atoms with van der Waals surface area (Å²) in [6.45, 7) is 5.71. The zero-order valence-electron chi connectivity index (χ0n) is 15.0. The second-order valence-corrected chi connectivity index (χ2v) is 6.33. The largest absolute Gasteiger partial charge is 0.494 e. The molecule has 0 aliphatic carbocycles. The SMILES string of the molecule is CCOc1ccc(NC(=O)N2CCC(C(=O)N(C)C)CC2)c(C)c1. The van der Waals surface area contributed by atoms with Crippen LogP contribution in [0.1, 0.15) is 25.3 Å². The number of nitrogens with one attached hydrogen (secondary N) is 1. The van der Waals surface area contributed by atoms with Gasteiger partial charge in [0.2, 0.25) is 5.91 Å². The molecule has 6 nitrogen and oxygen atoms in total. The van der Waals surface area contributed by atoms with Gasteiger partial charge in [0, 0.05) is 38.8 Å². The molecule has 1 heterocycles. The van der Waals surface area contributed by atoms with Crippen LogP contribution in [0.15, 0.2) is 18.2 Å². The number of urea groups is 1. The van der Waals surface area contributed by atoms with E-state index in [4.69, 9.17) is 4.74 Å². The number of amides is 3. The summed E-state index contributed by atoms with van der Waals surface area (Å²) in [5, 5.41) is 2.95. The fourth-order valence-corrected chi connectivity index (χ4v) is 2.92. The standard InChI is InChI=1S/C18H27N3O3/c1-5-24-15-6-7-16(13(2)12-15)19-18(23)21-10-8-14(9-11-21)17(22)20(3)4/h6-7,12,14H,5,8-11H2,1-4H3,(H,19,23). The molecule has 1 aromatic rings. The minimum atomic E-state index is -0.113. The highest BCUT2D eigenvalue weighted by Crippen LogP contribution is 2.23. The van der Waals surface area contributed by atoms with Gasteiger partial charge in [-0.15, -0.1) is 0 Å². The molecule has 0 atom stereocenters. The first-order chi connectivity index (χ1) is 11.4. The Kier molecular flexibility index (Phi) is 6.06. The van der Waals surface area contributed by atoms with E-state index in [1.807, 2.05) is 32.0 Å². The maximum absolute atomic E-state index is 12.4. The quantitative estimate of drug-likeness (QED) is 0.921. The first kappa shape index (κ1) is 18.1. The van der Waals surface area contributed by atoms with Crippen molar-refractivity contribution in [2.45, 2.75) is 26.7 Å². The van der Waals surface area contributed by atoms with Crippen molar-refractivity contribution in [3.8, 4) is 5.75 Å². The van der Waals surface area contributed by atoms with E-state index in [0.717, 1.165) is 17.0 Å². The van der Waals surface area contributed by atoms with E-state index in [2.05, 4.69) is 5.32 Å². The van der Waals surface area contributed by atoms with Crippen molar-refractivity contribution in [2.24, 2.45) is 5.92 Å². The van der Waals surface area contributed by atoms with Crippen LogP contribution in [0.3, 0.4) is 0 Å². The summed E-state index contributed by atoms with van der Waals surface area (Å²) in [7, 11) is 3.55. The van der Waals surface area contributed by atoms with Gasteiger partial charge in [-0.05, 0) is 50.5 Å². The number of hydrogen-bond acceptors (Lipinski definition) is 3. The lowest BCUT2D eigenvalue weighted by molar-refractivity contribution is -0.134. The topological polar surface area (TPSA) is 61.9 Å². The summed E-state index contributed by atoms with van der Waals surface area (Å²) >= 11 is 0. The van der Waals surface area contributed by atoms with Crippen LogP contribution in [0.5, 0.6) is 5.75 Å². The molecule has 0 saturated carbocycles. The van der Waals surface area contributed by atoms with Crippen molar-refractivity contribution in [3.05, 3.63) is 23.8 Å². The highest BCUT2D eigenvalue weighted by atomic mass is 16.5. The molecule has 1 N–H and O–H groups in total. The van der Waals surface area contributed by atoms with Gasteiger partial charge in [0.1, 0.15) is 5.75 Å². The van der Waals surface area contributed by atoms with Crippen molar-refractivity contribution in [1.29, 1.82) is 0 Å². The third kappa shape index (κ3) is 4.40. The lowest BCUT2D eigenvalue weighted by atomic mass is 9.96. The monoisotopic (exact) mass is 333 g/mol. The molecule has 2 rings (SSSR count). The lowest BCUT2D eigenvalue weighted by Crippen LogP contribution is -2.44. The Morgan fingerprint density at radius 1 is 1.29 bits per heavy atom. The number of benzene rings is 1. The van der Waals surface area contributed by atoms with E-state index >= 15 is 0 Å². The maximum Gasteiger partial charge on any atom is 0.321 e. The summed E-state index contributed by atoms with van der Waals surface area (Å²) in [5.41, 5.74) is 1.75. The number of aryl methyl sites for hydroxylation is 1. The Morgan fingerprint density at radius 3 is 2.50 bits per heavy atom. The van der Waals surface area contributed by atoms with Gasteiger partial charge < -0.3 is 19.9 Å². The molecule has 3 amide bonds. The molecular formula is C18H27N3O3. The third-order valence-corrected chi connectivity index (χ3v) is 4.32.